The minimum Gasteiger partial charge on any atom is -0.271 e. The van der Waals surface area contributed by atoms with E-state index in [1.807, 2.05) is 18.2 Å². The molecule has 2 nitrogen and oxygen atoms in total. The molecule has 2 rings (SSSR count). The first-order chi connectivity index (χ1) is 9.04. The summed E-state index contributed by atoms with van der Waals surface area (Å²) in [6, 6.07) is 18.8. The molecule has 0 radical (unpaired) electrons. The Labute approximate surface area is 115 Å². The predicted octanol–water partition coefficient (Wildman–Crippen LogP) is 3.54. The molecule has 0 spiro atoms. The summed E-state index contributed by atoms with van der Waals surface area (Å²) in [5.74, 6) is 5.80. The maximum absolute atomic E-state index is 5.80. The van der Waals surface area contributed by atoms with Gasteiger partial charge in [-0.2, -0.15) is 0 Å². The summed E-state index contributed by atoms with van der Waals surface area (Å²) < 4.78 is 0. The first kappa shape index (κ1) is 13.8. The van der Waals surface area contributed by atoms with Crippen molar-refractivity contribution in [2.24, 2.45) is 5.84 Å². The largest absolute Gasteiger partial charge is 0.271 e. The van der Waals surface area contributed by atoms with Gasteiger partial charge in [-0.3, -0.25) is 5.84 Å². The molecule has 0 amide bonds. The minimum absolute atomic E-state index is 0.0247. The van der Waals surface area contributed by atoms with Gasteiger partial charge in [-0.1, -0.05) is 75.4 Å². The third-order valence-corrected chi connectivity index (χ3v) is 3.38. The molecule has 0 aromatic heterocycles. The summed E-state index contributed by atoms with van der Waals surface area (Å²) in [5, 5.41) is 0. The molecule has 19 heavy (non-hydrogen) atoms. The van der Waals surface area contributed by atoms with Crippen LogP contribution in [0, 0.1) is 0 Å². The average molecular weight is 254 g/mol. The lowest BCUT2D eigenvalue weighted by atomic mass is 9.81. The Kier molecular flexibility index (Phi) is 4.03. The molecule has 2 aromatic carbocycles. The van der Waals surface area contributed by atoms with Crippen LogP contribution in [-0.2, 0) is 5.41 Å². The van der Waals surface area contributed by atoms with Gasteiger partial charge in [0, 0.05) is 0 Å². The van der Waals surface area contributed by atoms with Crippen LogP contribution in [0.4, 0.5) is 0 Å². The Morgan fingerprint density at radius 1 is 0.895 bits per heavy atom. The van der Waals surface area contributed by atoms with E-state index in [4.69, 9.17) is 5.84 Å². The molecule has 3 N–H and O–H groups in total. The second-order valence-corrected chi connectivity index (χ2v) is 5.85. The van der Waals surface area contributed by atoms with Gasteiger partial charge in [-0.15, -0.1) is 0 Å². The van der Waals surface area contributed by atoms with E-state index in [1.54, 1.807) is 0 Å². The number of hydrazine groups is 1. The molecule has 2 heteroatoms. The van der Waals surface area contributed by atoms with Gasteiger partial charge in [0.05, 0.1) is 6.04 Å². The normalized spacial score (nSPS) is 13.3. The Morgan fingerprint density at radius 2 is 1.47 bits per heavy atom. The Bertz CT molecular complexity index is 526. The standard InChI is InChI=1S/C17H22N2/c1-17(2,3)15-12-8-7-11-14(15)16(19-18)13-9-5-4-6-10-13/h4-12,16,19H,18H2,1-3H3. The van der Waals surface area contributed by atoms with Gasteiger partial charge in [-0.05, 0) is 22.1 Å². The van der Waals surface area contributed by atoms with Crippen molar-refractivity contribution < 1.29 is 0 Å². The van der Waals surface area contributed by atoms with Crippen molar-refractivity contribution in [3.63, 3.8) is 0 Å². The van der Waals surface area contributed by atoms with Gasteiger partial charge in [0.15, 0.2) is 0 Å². The molecule has 0 heterocycles. The molecule has 1 unspecified atom stereocenters. The van der Waals surface area contributed by atoms with Gasteiger partial charge in [-0.25, -0.2) is 5.43 Å². The van der Waals surface area contributed by atoms with E-state index in [0.29, 0.717) is 0 Å². The highest BCUT2D eigenvalue weighted by Gasteiger charge is 2.22. The van der Waals surface area contributed by atoms with E-state index in [2.05, 4.69) is 62.6 Å². The number of nitrogens with one attached hydrogen (secondary N) is 1. The van der Waals surface area contributed by atoms with E-state index in [9.17, 15) is 0 Å². The fourth-order valence-corrected chi connectivity index (χ4v) is 2.44. The van der Waals surface area contributed by atoms with Gasteiger partial charge >= 0.3 is 0 Å². The molecule has 0 fully saturated rings. The third-order valence-electron chi connectivity index (χ3n) is 3.38. The molecule has 0 saturated heterocycles. The molecule has 2 aromatic rings. The molecule has 0 saturated carbocycles. The molecule has 1 atom stereocenters. The monoisotopic (exact) mass is 254 g/mol. The van der Waals surface area contributed by atoms with Crippen molar-refractivity contribution in [1.82, 2.24) is 5.43 Å². The summed E-state index contributed by atoms with van der Waals surface area (Å²) in [6.45, 7) is 6.68. The first-order valence-corrected chi connectivity index (χ1v) is 6.64. The summed E-state index contributed by atoms with van der Waals surface area (Å²) in [6.07, 6.45) is 0. The maximum Gasteiger partial charge on any atom is 0.0712 e. The average Bonchev–Trinajstić information content (AvgIpc) is 2.40. The first-order valence-electron chi connectivity index (χ1n) is 6.64. The molecule has 0 aliphatic carbocycles. The van der Waals surface area contributed by atoms with Crippen LogP contribution in [-0.4, -0.2) is 0 Å². The zero-order chi connectivity index (χ0) is 13.9. The highest BCUT2D eigenvalue weighted by atomic mass is 15.2. The zero-order valence-corrected chi connectivity index (χ0v) is 11.9. The third kappa shape index (κ3) is 3.03. The molecule has 0 aliphatic rings. The number of rotatable bonds is 3. The summed E-state index contributed by atoms with van der Waals surface area (Å²) >= 11 is 0. The van der Waals surface area contributed by atoms with Crippen molar-refractivity contribution in [3.8, 4) is 0 Å². The molecule has 100 valence electrons. The van der Waals surface area contributed by atoms with Gasteiger partial charge in [0.25, 0.3) is 0 Å². The molecular formula is C17H22N2. The van der Waals surface area contributed by atoms with Crippen LogP contribution in [0.5, 0.6) is 0 Å². The molecule has 0 aliphatic heterocycles. The number of hydrogen-bond donors (Lipinski definition) is 2. The number of hydrogen-bond acceptors (Lipinski definition) is 2. The molecule has 0 bridgehead atoms. The van der Waals surface area contributed by atoms with E-state index in [1.165, 1.54) is 16.7 Å². The van der Waals surface area contributed by atoms with Crippen molar-refractivity contribution in [2.75, 3.05) is 0 Å². The fraction of sp³-hybridized carbons (Fsp3) is 0.294. The quantitative estimate of drug-likeness (QED) is 0.649. The molecular weight excluding hydrogens is 232 g/mol. The Balaban J connectivity index is 2.51. The van der Waals surface area contributed by atoms with Crippen LogP contribution < -0.4 is 11.3 Å². The van der Waals surface area contributed by atoms with Crippen LogP contribution in [0.1, 0.15) is 43.5 Å². The Hall–Kier alpha value is -1.64. The van der Waals surface area contributed by atoms with Crippen molar-refractivity contribution in [1.29, 1.82) is 0 Å². The second kappa shape index (κ2) is 5.55. The maximum atomic E-state index is 5.80. The van der Waals surface area contributed by atoms with Gasteiger partial charge < -0.3 is 0 Å². The number of nitrogens with two attached hydrogens (primary N) is 1. The van der Waals surface area contributed by atoms with Crippen LogP contribution in [0.2, 0.25) is 0 Å². The summed E-state index contributed by atoms with van der Waals surface area (Å²) in [7, 11) is 0. The fourth-order valence-electron chi connectivity index (χ4n) is 2.44. The number of benzene rings is 2. The van der Waals surface area contributed by atoms with Crippen LogP contribution in [0.15, 0.2) is 54.6 Å². The van der Waals surface area contributed by atoms with Crippen molar-refractivity contribution in [2.45, 2.75) is 32.2 Å². The lowest BCUT2D eigenvalue weighted by Gasteiger charge is -2.27. The van der Waals surface area contributed by atoms with Gasteiger partial charge in [0.1, 0.15) is 0 Å². The zero-order valence-electron chi connectivity index (χ0n) is 11.9. The summed E-state index contributed by atoms with van der Waals surface area (Å²) in [4.78, 5) is 0. The topological polar surface area (TPSA) is 38.0 Å². The second-order valence-electron chi connectivity index (χ2n) is 5.85. The minimum atomic E-state index is 0.0247. The SMILES string of the molecule is CC(C)(C)c1ccccc1C(NN)c1ccccc1. The van der Waals surface area contributed by atoms with E-state index >= 15 is 0 Å². The smallest absolute Gasteiger partial charge is 0.0712 e. The van der Waals surface area contributed by atoms with Crippen molar-refractivity contribution >= 4 is 0 Å². The predicted molar refractivity (Wildman–Crippen MR) is 80.8 cm³/mol. The lowest BCUT2D eigenvalue weighted by Crippen LogP contribution is -2.31. The van der Waals surface area contributed by atoms with Crippen molar-refractivity contribution in [3.05, 3.63) is 71.3 Å². The van der Waals surface area contributed by atoms with Crippen LogP contribution in [0.3, 0.4) is 0 Å². The van der Waals surface area contributed by atoms with Crippen LogP contribution in [0.25, 0.3) is 0 Å². The van der Waals surface area contributed by atoms with E-state index in [0.717, 1.165) is 0 Å². The van der Waals surface area contributed by atoms with Gasteiger partial charge in [0.2, 0.25) is 0 Å². The highest BCUT2D eigenvalue weighted by molar-refractivity contribution is 5.40. The Morgan fingerprint density at radius 3 is 2.05 bits per heavy atom. The highest BCUT2D eigenvalue weighted by Crippen LogP contribution is 2.32. The van der Waals surface area contributed by atoms with E-state index < -0.39 is 0 Å². The van der Waals surface area contributed by atoms with Crippen LogP contribution >= 0.6 is 0 Å². The summed E-state index contributed by atoms with van der Waals surface area (Å²) in [5.41, 5.74) is 6.79. The van der Waals surface area contributed by atoms with E-state index in [-0.39, 0.29) is 11.5 Å². The lowest BCUT2D eigenvalue weighted by molar-refractivity contribution is 0.558.